The molecular weight excluding hydrogens is 488 g/mol. The van der Waals surface area contributed by atoms with E-state index in [4.69, 9.17) is 27.3 Å². The predicted molar refractivity (Wildman–Crippen MR) is 118 cm³/mol. The predicted octanol–water partition coefficient (Wildman–Crippen LogP) is 1.90. The first-order valence-electron chi connectivity index (χ1n) is 10.5. The van der Waals surface area contributed by atoms with Crippen LogP contribution >= 0.6 is 0 Å². The zero-order valence-electron chi connectivity index (χ0n) is 18.7. The van der Waals surface area contributed by atoms with E-state index in [1.807, 2.05) is 13.8 Å². The number of aryl methyl sites for hydroxylation is 2. The third-order valence-electron chi connectivity index (χ3n) is 5.54. The highest BCUT2D eigenvalue weighted by Crippen LogP contribution is 2.28. The summed E-state index contributed by atoms with van der Waals surface area (Å²) in [5.74, 6) is 0. The molecule has 4 atom stereocenters. The van der Waals surface area contributed by atoms with Gasteiger partial charge in [-0.15, -0.1) is 0 Å². The monoisotopic (exact) mass is 514 g/mol. The summed E-state index contributed by atoms with van der Waals surface area (Å²) < 4.78 is 82.7. The molecular formula is C22H26O10S2. The maximum Gasteiger partial charge on any atom is 0.297 e. The highest BCUT2D eigenvalue weighted by Gasteiger charge is 2.45. The molecule has 0 unspecified atom stereocenters. The van der Waals surface area contributed by atoms with Crippen molar-refractivity contribution in [2.45, 2.75) is 48.1 Å². The molecule has 0 aromatic heterocycles. The van der Waals surface area contributed by atoms with Crippen LogP contribution in [0, 0.1) is 13.8 Å². The van der Waals surface area contributed by atoms with Crippen LogP contribution in [-0.2, 0) is 47.5 Å². The van der Waals surface area contributed by atoms with Crippen LogP contribution in [0.4, 0.5) is 0 Å². The average Bonchev–Trinajstić information content (AvgIpc) is 2.82. The lowest BCUT2D eigenvalue weighted by atomic mass is 10.0. The highest BCUT2D eigenvalue weighted by atomic mass is 32.2. The van der Waals surface area contributed by atoms with Crippen LogP contribution in [-0.4, -0.2) is 68.1 Å². The molecule has 0 amide bonds. The second-order valence-electron chi connectivity index (χ2n) is 8.01. The molecule has 4 rings (SSSR count). The smallest absolute Gasteiger partial charge is 0.297 e. The molecule has 0 aliphatic carbocycles. The van der Waals surface area contributed by atoms with Crippen molar-refractivity contribution in [2.75, 3.05) is 26.8 Å². The summed E-state index contributed by atoms with van der Waals surface area (Å²) in [7, 11) is -8.01. The largest absolute Gasteiger partial charge is 0.347 e. The van der Waals surface area contributed by atoms with Gasteiger partial charge in [0, 0.05) is 0 Å². The quantitative estimate of drug-likeness (QED) is 0.483. The molecule has 0 spiro atoms. The second kappa shape index (κ2) is 10.4. The lowest BCUT2D eigenvalue weighted by Crippen LogP contribution is -2.59. The first-order chi connectivity index (χ1) is 16.2. The van der Waals surface area contributed by atoms with Crippen molar-refractivity contribution in [3.05, 3.63) is 59.7 Å². The molecule has 34 heavy (non-hydrogen) atoms. The van der Waals surface area contributed by atoms with Crippen molar-refractivity contribution in [1.29, 1.82) is 0 Å². The Hall–Kier alpha value is -1.90. The summed E-state index contributed by atoms with van der Waals surface area (Å²) in [6.07, 6.45) is -3.05. The van der Waals surface area contributed by atoms with E-state index in [0.717, 1.165) is 11.1 Å². The molecule has 10 nitrogen and oxygen atoms in total. The van der Waals surface area contributed by atoms with E-state index in [0.29, 0.717) is 0 Å². The van der Waals surface area contributed by atoms with Crippen LogP contribution in [0.3, 0.4) is 0 Å². The van der Waals surface area contributed by atoms with Gasteiger partial charge in [0.15, 0.2) is 0 Å². The zero-order chi connectivity index (χ0) is 24.3. The Kier molecular flexibility index (Phi) is 7.69. The van der Waals surface area contributed by atoms with Gasteiger partial charge in [-0.25, -0.2) is 0 Å². The lowest BCUT2D eigenvalue weighted by molar-refractivity contribution is -0.327. The molecule has 12 heteroatoms. The van der Waals surface area contributed by atoms with Crippen LogP contribution in [0.5, 0.6) is 0 Å². The molecule has 2 saturated heterocycles. The number of rotatable bonds is 8. The molecule has 2 heterocycles. The Morgan fingerprint density at radius 1 is 0.647 bits per heavy atom. The first kappa shape index (κ1) is 25.2. The van der Waals surface area contributed by atoms with Gasteiger partial charge in [0.1, 0.15) is 38.0 Å². The van der Waals surface area contributed by atoms with E-state index in [-0.39, 0.29) is 36.6 Å². The van der Waals surface area contributed by atoms with E-state index in [1.165, 1.54) is 24.3 Å². The summed E-state index contributed by atoms with van der Waals surface area (Å²) in [5, 5.41) is 0. The fourth-order valence-electron chi connectivity index (χ4n) is 3.57. The molecule has 0 bridgehead atoms. The van der Waals surface area contributed by atoms with Crippen molar-refractivity contribution in [3.8, 4) is 0 Å². The van der Waals surface area contributed by atoms with Crippen LogP contribution in [0.15, 0.2) is 58.3 Å². The molecule has 2 aromatic carbocycles. The van der Waals surface area contributed by atoms with Gasteiger partial charge in [-0.1, -0.05) is 35.4 Å². The minimum absolute atomic E-state index is 0.0298. The van der Waals surface area contributed by atoms with Crippen molar-refractivity contribution < 1.29 is 44.1 Å². The van der Waals surface area contributed by atoms with E-state index in [2.05, 4.69) is 0 Å². The number of fused-ring (bicyclic) bond motifs is 1. The van der Waals surface area contributed by atoms with Crippen molar-refractivity contribution >= 4 is 20.2 Å². The Labute approximate surface area is 198 Å². The van der Waals surface area contributed by atoms with Gasteiger partial charge in [0.2, 0.25) is 0 Å². The molecule has 0 radical (unpaired) electrons. The summed E-state index contributed by atoms with van der Waals surface area (Å²) in [4.78, 5) is 0.0596. The zero-order valence-corrected chi connectivity index (χ0v) is 20.3. The lowest BCUT2D eigenvalue weighted by Gasteiger charge is -2.43. The topological polar surface area (TPSA) is 124 Å². The van der Waals surface area contributed by atoms with Gasteiger partial charge >= 0.3 is 0 Å². The second-order valence-corrected chi connectivity index (χ2v) is 11.2. The van der Waals surface area contributed by atoms with Crippen LogP contribution in [0.25, 0.3) is 0 Å². The summed E-state index contributed by atoms with van der Waals surface area (Å²) in [6, 6.07) is 12.6. The molecule has 186 valence electrons. The van der Waals surface area contributed by atoms with Gasteiger partial charge in [-0.2, -0.15) is 16.8 Å². The Morgan fingerprint density at radius 3 is 1.35 bits per heavy atom. The van der Waals surface area contributed by atoms with Gasteiger partial charge in [0.05, 0.1) is 23.0 Å². The molecule has 0 saturated carbocycles. The van der Waals surface area contributed by atoms with Gasteiger partial charge in [-0.3, -0.25) is 8.37 Å². The van der Waals surface area contributed by atoms with Gasteiger partial charge < -0.3 is 18.9 Å². The van der Waals surface area contributed by atoms with Crippen molar-refractivity contribution in [1.82, 2.24) is 0 Å². The first-order valence-corrected chi connectivity index (χ1v) is 13.4. The van der Waals surface area contributed by atoms with Crippen molar-refractivity contribution in [2.24, 2.45) is 0 Å². The molecule has 2 aromatic rings. The van der Waals surface area contributed by atoms with E-state index < -0.39 is 44.7 Å². The van der Waals surface area contributed by atoms with Gasteiger partial charge in [0.25, 0.3) is 20.2 Å². The van der Waals surface area contributed by atoms with E-state index in [1.54, 1.807) is 24.3 Å². The van der Waals surface area contributed by atoms with Crippen LogP contribution in [0.2, 0.25) is 0 Å². The Balaban J connectivity index is 1.38. The molecule has 2 aliphatic heterocycles. The summed E-state index contributed by atoms with van der Waals surface area (Å²) in [6.45, 7) is 2.73. The fourth-order valence-corrected chi connectivity index (χ4v) is 5.41. The third kappa shape index (κ3) is 5.83. The third-order valence-corrected chi connectivity index (χ3v) is 8.13. The van der Waals surface area contributed by atoms with E-state index >= 15 is 0 Å². The maximum absolute atomic E-state index is 12.5. The molecule has 2 fully saturated rings. The van der Waals surface area contributed by atoms with Crippen molar-refractivity contribution in [3.63, 3.8) is 0 Å². The van der Waals surface area contributed by atoms with E-state index in [9.17, 15) is 16.8 Å². The number of hydrogen-bond acceptors (Lipinski definition) is 10. The average molecular weight is 515 g/mol. The number of hydrogen-bond donors (Lipinski definition) is 0. The van der Waals surface area contributed by atoms with Gasteiger partial charge in [-0.05, 0) is 38.1 Å². The Bertz CT molecular complexity index is 1080. The highest BCUT2D eigenvalue weighted by molar-refractivity contribution is 7.87. The summed E-state index contributed by atoms with van der Waals surface area (Å²) >= 11 is 0. The molecule has 2 aliphatic rings. The molecule has 0 N–H and O–H groups in total. The SMILES string of the molecule is Cc1ccc(S(=O)(=O)OC[C@@H]2OCO[C@@H]3[C@@H]2OCO[C@@H]3COS(=O)(=O)c2ccc(C)cc2)cc1. The number of ether oxygens (including phenoxy) is 4. The minimum atomic E-state index is -4.00. The standard InChI is InChI=1S/C22H26O10S2/c1-15-3-7-17(8-4-15)33(23,24)31-11-19-21-22(30-13-27-19)20(28-14-29-21)12-32-34(25,26)18-9-5-16(2)6-10-18/h3-10,19-22H,11-14H2,1-2H3/t19-,20+,21+,22-. The van der Waals surface area contributed by atoms with Crippen LogP contribution in [0.1, 0.15) is 11.1 Å². The summed E-state index contributed by atoms with van der Waals surface area (Å²) in [5.41, 5.74) is 1.84. The normalized spacial score (nSPS) is 25.6. The van der Waals surface area contributed by atoms with Crippen LogP contribution < -0.4 is 0 Å². The number of benzene rings is 2. The minimum Gasteiger partial charge on any atom is -0.347 e. The fraction of sp³-hybridized carbons (Fsp3) is 0.455. The Morgan fingerprint density at radius 2 is 1.00 bits per heavy atom. The maximum atomic E-state index is 12.5.